The normalized spacial score (nSPS) is 9.65. The van der Waals surface area contributed by atoms with Crippen LogP contribution in [0.15, 0.2) is 42.5 Å². The van der Waals surface area contributed by atoms with Gasteiger partial charge in [-0.25, -0.2) is 0 Å². The van der Waals surface area contributed by atoms with Crippen molar-refractivity contribution in [2.75, 3.05) is 5.73 Å². The molecule has 0 aliphatic rings. The molecule has 3 heteroatoms. The number of anilines is 1. The molecule has 2 aromatic rings. The van der Waals surface area contributed by atoms with Crippen molar-refractivity contribution in [1.29, 1.82) is 5.26 Å². The summed E-state index contributed by atoms with van der Waals surface area (Å²) in [6.45, 7) is 2.00. The van der Waals surface area contributed by atoms with Gasteiger partial charge in [-0.1, -0.05) is 12.1 Å². The molecule has 3 nitrogen and oxygen atoms in total. The van der Waals surface area contributed by atoms with Gasteiger partial charge in [-0.3, -0.25) is 0 Å². The van der Waals surface area contributed by atoms with E-state index in [4.69, 9.17) is 15.7 Å². The number of nitrogens with two attached hydrogens (primary N) is 1. The van der Waals surface area contributed by atoms with Crippen molar-refractivity contribution in [3.8, 4) is 17.6 Å². The minimum absolute atomic E-state index is 0.428. The van der Waals surface area contributed by atoms with Crippen molar-refractivity contribution >= 4 is 5.69 Å². The fourth-order valence-corrected chi connectivity index (χ4v) is 1.52. The molecule has 0 unspecified atom stereocenters. The number of aryl methyl sites for hydroxylation is 1. The second kappa shape index (κ2) is 4.58. The fourth-order valence-electron chi connectivity index (χ4n) is 1.52. The number of ether oxygens (including phenoxy) is 1. The fraction of sp³-hybridized carbons (Fsp3) is 0.0714. The highest BCUT2D eigenvalue weighted by atomic mass is 16.5. The van der Waals surface area contributed by atoms with E-state index in [0.29, 0.717) is 17.0 Å². The van der Waals surface area contributed by atoms with E-state index >= 15 is 0 Å². The Bertz CT molecular complexity index is 585. The van der Waals surface area contributed by atoms with Crippen LogP contribution in [0.3, 0.4) is 0 Å². The molecular weight excluding hydrogens is 212 g/mol. The van der Waals surface area contributed by atoms with Crippen LogP contribution in [0, 0.1) is 18.3 Å². The van der Waals surface area contributed by atoms with Crippen molar-refractivity contribution in [1.82, 2.24) is 0 Å². The Morgan fingerprint density at radius 2 is 1.88 bits per heavy atom. The zero-order chi connectivity index (χ0) is 12.3. The van der Waals surface area contributed by atoms with E-state index in [1.807, 2.05) is 37.3 Å². The molecule has 17 heavy (non-hydrogen) atoms. The van der Waals surface area contributed by atoms with Gasteiger partial charge in [0, 0.05) is 6.07 Å². The molecule has 0 amide bonds. The summed E-state index contributed by atoms with van der Waals surface area (Å²) in [6.07, 6.45) is 0. The maximum atomic E-state index is 8.76. The van der Waals surface area contributed by atoms with Crippen LogP contribution >= 0.6 is 0 Å². The van der Waals surface area contributed by atoms with E-state index in [-0.39, 0.29) is 0 Å². The van der Waals surface area contributed by atoms with E-state index in [1.165, 1.54) is 0 Å². The van der Waals surface area contributed by atoms with Crippen molar-refractivity contribution < 1.29 is 4.74 Å². The van der Waals surface area contributed by atoms with E-state index < -0.39 is 0 Å². The van der Waals surface area contributed by atoms with Crippen molar-refractivity contribution in [2.45, 2.75) is 6.92 Å². The van der Waals surface area contributed by atoms with E-state index in [2.05, 4.69) is 0 Å². The molecule has 0 bridgehead atoms. The summed E-state index contributed by atoms with van der Waals surface area (Å²) in [5, 5.41) is 8.76. The molecule has 84 valence electrons. The number of nitrogen functional groups attached to an aromatic ring is 1. The largest absolute Gasteiger partial charge is 0.457 e. The van der Waals surface area contributed by atoms with Crippen LogP contribution in [-0.2, 0) is 0 Å². The average Bonchev–Trinajstić information content (AvgIpc) is 2.29. The Balaban J connectivity index is 2.25. The molecule has 0 heterocycles. The van der Waals surface area contributed by atoms with Gasteiger partial charge in [0.15, 0.2) is 0 Å². The third-order valence-electron chi connectivity index (χ3n) is 2.37. The molecule has 2 N–H and O–H groups in total. The second-order valence-corrected chi connectivity index (χ2v) is 3.78. The summed E-state index contributed by atoms with van der Waals surface area (Å²) < 4.78 is 5.65. The Kier molecular flexibility index (Phi) is 2.97. The monoisotopic (exact) mass is 224 g/mol. The lowest BCUT2D eigenvalue weighted by molar-refractivity contribution is 0.482. The summed E-state index contributed by atoms with van der Waals surface area (Å²) in [6, 6.07) is 14.8. The predicted octanol–water partition coefficient (Wildman–Crippen LogP) is 3.24. The van der Waals surface area contributed by atoms with E-state index in [9.17, 15) is 0 Å². The van der Waals surface area contributed by atoms with Gasteiger partial charge in [0.25, 0.3) is 0 Å². The van der Waals surface area contributed by atoms with Crippen LogP contribution in [0.1, 0.15) is 11.1 Å². The van der Waals surface area contributed by atoms with Crippen LogP contribution in [-0.4, -0.2) is 0 Å². The van der Waals surface area contributed by atoms with Gasteiger partial charge < -0.3 is 10.5 Å². The Labute approximate surface area is 100 Å². The zero-order valence-electron chi connectivity index (χ0n) is 9.47. The molecule has 2 rings (SSSR count). The number of nitrogens with zero attached hydrogens (tertiary/aromatic N) is 1. The van der Waals surface area contributed by atoms with Crippen LogP contribution in [0.2, 0.25) is 0 Å². The van der Waals surface area contributed by atoms with Crippen molar-refractivity contribution in [2.24, 2.45) is 0 Å². The van der Waals surface area contributed by atoms with E-state index in [0.717, 1.165) is 11.3 Å². The number of hydrogen-bond donors (Lipinski definition) is 1. The molecule has 0 aromatic heterocycles. The van der Waals surface area contributed by atoms with Crippen molar-refractivity contribution in [3.63, 3.8) is 0 Å². The first-order chi connectivity index (χ1) is 8.19. The standard InChI is InChI=1S/C14H12N2O/c1-10-3-2-4-12(7-10)17-13-6-5-11(9-15)14(16)8-13/h2-8H,16H2,1H3. The third-order valence-corrected chi connectivity index (χ3v) is 2.37. The molecule has 0 radical (unpaired) electrons. The zero-order valence-corrected chi connectivity index (χ0v) is 9.47. The van der Waals surface area contributed by atoms with Crippen LogP contribution in [0.4, 0.5) is 5.69 Å². The van der Waals surface area contributed by atoms with Crippen LogP contribution in [0.25, 0.3) is 0 Å². The predicted molar refractivity (Wildman–Crippen MR) is 66.8 cm³/mol. The van der Waals surface area contributed by atoms with Gasteiger partial charge in [-0.15, -0.1) is 0 Å². The maximum absolute atomic E-state index is 8.76. The van der Waals surface area contributed by atoms with Gasteiger partial charge in [0.2, 0.25) is 0 Å². The average molecular weight is 224 g/mol. The summed E-state index contributed by atoms with van der Waals surface area (Å²) in [4.78, 5) is 0. The first-order valence-electron chi connectivity index (χ1n) is 5.23. The van der Waals surface area contributed by atoms with Gasteiger partial charge in [-0.2, -0.15) is 5.26 Å². The summed E-state index contributed by atoms with van der Waals surface area (Å²) in [7, 11) is 0. The number of benzene rings is 2. The van der Waals surface area contributed by atoms with Crippen LogP contribution < -0.4 is 10.5 Å². The smallest absolute Gasteiger partial charge is 0.129 e. The molecule has 0 atom stereocenters. The minimum Gasteiger partial charge on any atom is -0.457 e. The van der Waals surface area contributed by atoms with Crippen molar-refractivity contribution in [3.05, 3.63) is 53.6 Å². The maximum Gasteiger partial charge on any atom is 0.129 e. The quantitative estimate of drug-likeness (QED) is 0.796. The van der Waals surface area contributed by atoms with Gasteiger partial charge in [0.05, 0.1) is 11.3 Å². The molecule has 0 aliphatic heterocycles. The highest BCUT2D eigenvalue weighted by Crippen LogP contribution is 2.25. The number of rotatable bonds is 2. The first kappa shape index (κ1) is 11.0. The lowest BCUT2D eigenvalue weighted by atomic mass is 10.2. The lowest BCUT2D eigenvalue weighted by Crippen LogP contribution is -1.92. The SMILES string of the molecule is Cc1cccc(Oc2ccc(C#N)c(N)c2)c1. The number of nitriles is 1. The summed E-state index contributed by atoms with van der Waals surface area (Å²) in [5.74, 6) is 1.39. The summed E-state index contributed by atoms with van der Waals surface area (Å²) >= 11 is 0. The van der Waals surface area contributed by atoms with E-state index in [1.54, 1.807) is 18.2 Å². The highest BCUT2D eigenvalue weighted by molar-refractivity contribution is 5.57. The number of hydrogen-bond acceptors (Lipinski definition) is 3. The molecule has 0 saturated carbocycles. The van der Waals surface area contributed by atoms with Gasteiger partial charge in [0.1, 0.15) is 17.6 Å². The third kappa shape index (κ3) is 2.56. The Morgan fingerprint density at radius 3 is 2.53 bits per heavy atom. The summed E-state index contributed by atoms with van der Waals surface area (Å²) in [5.41, 5.74) is 7.73. The molecular formula is C14H12N2O. The molecule has 0 aliphatic carbocycles. The highest BCUT2D eigenvalue weighted by Gasteiger charge is 2.02. The topological polar surface area (TPSA) is 59.0 Å². The first-order valence-corrected chi connectivity index (χ1v) is 5.23. The second-order valence-electron chi connectivity index (χ2n) is 3.78. The Morgan fingerprint density at radius 1 is 1.12 bits per heavy atom. The minimum atomic E-state index is 0.428. The lowest BCUT2D eigenvalue weighted by Gasteiger charge is -2.07. The van der Waals surface area contributed by atoms with Crippen LogP contribution in [0.5, 0.6) is 11.5 Å². The molecule has 0 spiro atoms. The molecule has 2 aromatic carbocycles. The molecule has 0 fully saturated rings. The van der Waals surface area contributed by atoms with Gasteiger partial charge in [-0.05, 0) is 36.8 Å². The molecule has 0 saturated heterocycles. The van der Waals surface area contributed by atoms with Gasteiger partial charge >= 0.3 is 0 Å². The Hall–Kier alpha value is -2.47.